The van der Waals surface area contributed by atoms with Gasteiger partial charge in [0.15, 0.2) is 0 Å². The van der Waals surface area contributed by atoms with E-state index in [9.17, 15) is 0 Å². The van der Waals surface area contributed by atoms with Gasteiger partial charge >= 0.3 is 0 Å². The highest BCUT2D eigenvalue weighted by Gasteiger charge is 2.17. The van der Waals surface area contributed by atoms with Gasteiger partial charge in [-0.15, -0.1) is 0 Å². The number of hydrogen-bond donors (Lipinski definition) is 1. The molecule has 1 fully saturated rings. The molecule has 2 rings (SSSR count). The number of rotatable bonds is 5. The molecule has 0 saturated carbocycles. The summed E-state index contributed by atoms with van der Waals surface area (Å²) in [4.78, 5) is 2.33. The summed E-state index contributed by atoms with van der Waals surface area (Å²) in [5.74, 6) is 0. The fraction of sp³-hybridized carbons (Fsp3) is 0.625. The summed E-state index contributed by atoms with van der Waals surface area (Å²) in [7, 11) is 0.989. The first-order valence-corrected chi connectivity index (χ1v) is 11.1. The Balaban J connectivity index is 1.77. The van der Waals surface area contributed by atoms with Crippen LogP contribution in [0.4, 0.5) is 0 Å². The van der Waals surface area contributed by atoms with Crippen molar-refractivity contribution in [3.8, 4) is 0 Å². The van der Waals surface area contributed by atoms with Gasteiger partial charge in [-0.3, -0.25) is 0 Å². The summed E-state index contributed by atoms with van der Waals surface area (Å²) in [6.07, 6.45) is 0.329. The first-order chi connectivity index (χ1) is 9.45. The molecule has 0 aliphatic carbocycles. The van der Waals surface area contributed by atoms with E-state index in [2.05, 4.69) is 61.2 Å². The quantitative estimate of drug-likeness (QED) is 0.835. The predicted molar refractivity (Wildman–Crippen MR) is 88.4 cm³/mol. The van der Waals surface area contributed by atoms with E-state index < -0.39 is 8.07 Å². The zero-order chi connectivity index (χ0) is 14.6. The summed E-state index contributed by atoms with van der Waals surface area (Å²) in [6, 6.07) is 9.12. The van der Waals surface area contributed by atoms with Crippen molar-refractivity contribution in [2.45, 2.75) is 32.3 Å². The number of ether oxygens (including phenoxy) is 1. The van der Waals surface area contributed by atoms with Crippen LogP contribution in [0.3, 0.4) is 0 Å². The summed E-state index contributed by atoms with van der Waals surface area (Å²) in [5.41, 5.74) is 1.36. The van der Waals surface area contributed by atoms with E-state index in [1.54, 1.807) is 0 Å². The number of likely N-dealkylation sites (N-methyl/N-ethyl adjacent to an activating group) is 1. The van der Waals surface area contributed by atoms with Crippen LogP contribution in [0.2, 0.25) is 19.6 Å². The number of morpholine rings is 1. The van der Waals surface area contributed by atoms with Crippen molar-refractivity contribution in [1.29, 1.82) is 0 Å². The molecule has 1 saturated heterocycles. The molecule has 1 aromatic rings. The molecule has 112 valence electrons. The van der Waals surface area contributed by atoms with E-state index in [-0.39, 0.29) is 0 Å². The lowest BCUT2D eigenvalue weighted by molar-refractivity contribution is -0.0182. The van der Waals surface area contributed by atoms with Crippen LogP contribution in [-0.4, -0.2) is 52.4 Å². The topological polar surface area (TPSA) is 24.5 Å². The smallest absolute Gasteiger partial charge is 0.0826 e. The largest absolute Gasteiger partial charge is 0.374 e. The third-order valence-electron chi connectivity index (χ3n) is 3.86. The van der Waals surface area contributed by atoms with Gasteiger partial charge in [0.2, 0.25) is 0 Å². The Hall–Kier alpha value is -0.683. The van der Waals surface area contributed by atoms with Gasteiger partial charge in [0, 0.05) is 26.2 Å². The second-order valence-corrected chi connectivity index (χ2v) is 11.9. The van der Waals surface area contributed by atoms with Crippen LogP contribution in [0.15, 0.2) is 24.3 Å². The van der Waals surface area contributed by atoms with Crippen LogP contribution in [0.1, 0.15) is 5.56 Å². The van der Waals surface area contributed by atoms with E-state index in [1.807, 2.05) is 0 Å². The van der Waals surface area contributed by atoms with E-state index in [0.717, 1.165) is 32.8 Å². The van der Waals surface area contributed by atoms with Crippen LogP contribution < -0.4 is 10.5 Å². The monoisotopic (exact) mass is 292 g/mol. The number of hydrogen-bond acceptors (Lipinski definition) is 3. The molecule has 1 aliphatic rings. The van der Waals surface area contributed by atoms with E-state index in [1.165, 1.54) is 10.8 Å². The van der Waals surface area contributed by atoms with Crippen LogP contribution in [0, 0.1) is 0 Å². The predicted octanol–water partition coefficient (Wildman–Crippen LogP) is 1.65. The third-order valence-corrected chi connectivity index (χ3v) is 5.93. The lowest BCUT2D eigenvalue weighted by Gasteiger charge is -2.30. The van der Waals surface area contributed by atoms with Crippen LogP contribution in [-0.2, 0) is 11.3 Å². The zero-order valence-electron chi connectivity index (χ0n) is 13.3. The summed E-state index contributed by atoms with van der Waals surface area (Å²) in [6.45, 7) is 11.9. The first kappa shape index (κ1) is 15.7. The van der Waals surface area contributed by atoms with Crippen LogP contribution in [0.25, 0.3) is 0 Å². The van der Waals surface area contributed by atoms with E-state index >= 15 is 0 Å². The Morgan fingerprint density at radius 3 is 2.55 bits per heavy atom. The molecule has 4 heteroatoms. The second-order valence-electron chi connectivity index (χ2n) is 6.83. The molecule has 0 radical (unpaired) electrons. The molecule has 1 atom stereocenters. The molecule has 20 heavy (non-hydrogen) atoms. The lowest BCUT2D eigenvalue weighted by Crippen LogP contribution is -2.44. The molecule has 1 N–H and O–H groups in total. The maximum Gasteiger partial charge on any atom is 0.0826 e. The Morgan fingerprint density at radius 1 is 1.25 bits per heavy atom. The molecule has 1 aromatic carbocycles. The minimum Gasteiger partial charge on any atom is -0.374 e. The molecule has 1 heterocycles. The van der Waals surface area contributed by atoms with Gasteiger partial charge < -0.3 is 15.0 Å². The Bertz CT molecular complexity index is 413. The second kappa shape index (κ2) is 6.85. The summed E-state index contributed by atoms with van der Waals surface area (Å²) in [5, 5.41) is 5.04. The maximum atomic E-state index is 5.75. The van der Waals surface area contributed by atoms with Crippen LogP contribution in [0.5, 0.6) is 0 Å². The minimum atomic E-state index is -1.17. The van der Waals surface area contributed by atoms with E-state index in [4.69, 9.17) is 4.74 Å². The van der Waals surface area contributed by atoms with Gasteiger partial charge in [0.25, 0.3) is 0 Å². The van der Waals surface area contributed by atoms with E-state index in [0.29, 0.717) is 6.10 Å². The average Bonchev–Trinajstić information content (AvgIpc) is 2.38. The Morgan fingerprint density at radius 2 is 1.95 bits per heavy atom. The fourth-order valence-electron chi connectivity index (χ4n) is 2.49. The van der Waals surface area contributed by atoms with Gasteiger partial charge in [-0.1, -0.05) is 49.1 Å². The first-order valence-electron chi connectivity index (χ1n) is 7.55. The molecule has 0 amide bonds. The molecule has 1 unspecified atom stereocenters. The molecular formula is C16H28N2OSi. The third kappa shape index (κ3) is 4.70. The molecule has 0 spiro atoms. The van der Waals surface area contributed by atoms with Crippen molar-refractivity contribution < 1.29 is 4.74 Å². The zero-order valence-corrected chi connectivity index (χ0v) is 14.3. The summed E-state index contributed by atoms with van der Waals surface area (Å²) < 4.78 is 5.75. The van der Waals surface area contributed by atoms with Gasteiger partial charge in [-0.2, -0.15) is 0 Å². The van der Waals surface area contributed by atoms with Gasteiger partial charge in [-0.25, -0.2) is 0 Å². The van der Waals surface area contributed by atoms with Gasteiger partial charge in [0.05, 0.1) is 20.8 Å². The van der Waals surface area contributed by atoms with Crippen LogP contribution >= 0.6 is 0 Å². The standard InChI is InChI=1S/C16H28N2OSi/c1-18-9-10-19-15(13-18)12-17-11-14-5-7-16(8-6-14)20(2,3)4/h5-8,15,17H,9-13H2,1-4H3. The van der Waals surface area contributed by atoms with Crippen molar-refractivity contribution >= 4 is 13.3 Å². The fourth-order valence-corrected chi connectivity index (χ4v) is 3.66. The minimum absolute atomic E-state index is 0.329. The summed E-state index contributed by atoms with van der Waals surface area (Å²) >= 11 is 0. The van der Waals surface area contributed by atoms with Crippen molar-refractivity contribution in [1.82, 2.24) is 10.2 Å². The van der Waals surface area contributed by atoms with Crippen molar-refractivity contribution in [2.75, 3.05) is 33.3 Å². The van der Waals surface area contributed by atoms with Gasteiger partial charge in [0.1, 0.15) is 0 Å². The molecular weight excluding hydrogens is 264 g/mol. The van der Waals surface area contributed by atoms with Crippen molar-refractivity contribution in [3.63, 3.8) is 0 Å². The molecule has 0 bridgehead atoms. The highest BCUT2D eigenvalue weighted by atomic mass is 28.3. The SMILES string of the molecule is CN1CCOC(CNCc2ccc([Si](C)(C)C)cc2)C1. The highest BCUT2D eigenvalue weighted by molar-refractivity contribution is 6.88. The van der Waals surface area contributed by atoms with Gasteiger partial charge in [-0.05, 0) is 12.6 Å². The molecule has 3 nitrogen and oxygen atoms in total. The maximum absolute atomic E-state index is 5.75. The highest BCUT2D eigenvalue weighted by Crippen LogP contribution is 2.05. The number of nitrogens with zero attached hydrogens (tertiary/aromatic N) is 1. The number of nitrogens with one attached hydrogen (secondary N) is 1. The Labute approximate surface area is 124 Å². The Kier molecular flexibility index (Phi) is 5.38. The average molecular weight is 292 g/mol. The molecule has 1 aliphatic heterocycles. The normalized spacial score (nSPS) is 21.1. The lowest BCUT2D eigenvalue weighted by atomic mass is 10.2. The van der Waals surface area contributed by atoms with Crippen molar-refractivity contribution in [3.05, 3.63) is 29.8 Å². The van der Waals surface area contributed by atoms with Crippen molar-refractivity contribution in [2.24, 2.45) is 0 Å². The number of benzene rings is 1. The molecule has 0 aromatic heterocycles.